The maximum Gasteiger partial charge on any atom is 0.181 e. The first-order valence-corrected chi connectivity index (χ1v) is 5.75. The second kappa shape index (κ2) is 5.19. The van der Waals surface area contributed by atoms with Gasteiger partial charge in [0.2, 0.25) is 0 Å². The van der Waals surface area contributed by atoms with Crippen molar-refractivity contribution >= 4 is 29.7 Å². The van der Waals surface area contributed by atoms with Crippen LogP contribution in [0.5, 0.6) is 0 Å². The maximum atomic E-state index is 6.07. The number of halogens is 2. The molecular formula is C11H16Cl2N4. The zero-order chi connectivity index (χ0) is 11.9. The SMILES string of the molecule is Cc1c(Cl)nn2c(CC(C)C)nnc2c1C.Cl. The fourth-order valence-electron chi connectivity index (χ4n) is 1.63. The molecule has 6 heteroatoms. The molecule has 0 aliphatic rings. The first-order chi connectivity index (χ1) is 7.50. The van der Waals surface area contributed by atoms with Gasteiger partial charge < -0.3 is 0 Å². The first-order valence-electron chi connectivity index (χ1n) is 5.37. The van der Waals surface area contributed by atoms with Crippen LogP contribution in [0.3, 0.4) is 0 Å². The van der Waals surface area contributed by atoms with Crippen LogP contribution in [0.15, 0.2) is 0 Å². The van der Waals surface area contributed by atoms with E-state index in [9.17, 15) is 0 Å². The normalized spacial score (nSPS) is 10.9. The number of aryl methyl sites for hydroxylation is 1. The zero-order valence-electron chi connectivity index (χ0n) is 10.4. The average Bonchev–Trinajstić information content (AvgIpc) is 2.58. The van der Waals surface area contributed by atoms with Gasteiger partial charge in [0.1, 0.15) is 0 Å². The standard InChI is InChI=1S/C11H15ClN4.ClH/c1-6(2)5-9-13-14-11-8(4)7(3)10(12)15-16(9)11;/h6H,5H2,1-4H3;1H. The third-order valence-corrected chi connectivity index (χ3v) is 3.05. The number of hydrogen-bond acceptors (Lipinski definition) is 3. The molecule has 0 fully saturated rings. The van der Waals surface area contributed by atoms with Crippen LogP contribution in [-0.2, 0) is 6.42 Å². The Morgan fingerprint density at radius 3 is 2.41 bits per heavy atom. The minimum absolute atomic E-state index is 0. The summed E-state index contributed by atoms with van der Waals surface area (Å²) in [5.41, 5.74) is 2.82. The van der Waals surface area contributed by atoms with Crippen LogP contribution < -0.4 is 0 Å². The highest BCUT2D eigenvalue weighted by Crippen LogP contribution is 2.20. The summed E-state index contributed by atoms with van der Waals surface area (Å²) >= 11 is 6.07. The molecule has 0 saturated heterocycles. The van der Waals surface area contributed by atoms with Gasteiger partial charge in [0, 0.05) is 12.0 Å². The second-order valence-electron chi connectivity index (χ2n) is 4.49. The Kier molecular flexibility index (Phi) is 4.33. The molecular weight excluding hydrogens is 259 g/mol. The second-order valence-corrected chi connectivity index (χ2v) is 4.85. The van der Waals surface area contributed by atoms with Crippen molar-refractivity contribution in [3.63, 3.8) is 0 Å². The van der Waals surface area contributed by atoms with E-state index in [1.807, 2.05) is 13.8 Å². The van der Waals surface area contributed by atoms with E-state index in [-0.39, 0.29) is 12.4 Å². The molecule has 4 nitrogen and oxygen atoms in total. The smallest absolute Gasteiger partial charge is 0.181 e. The van der Waals surface area contributed by atoms with Gasteiger partial charge in [-0.2, -0.15) is 9.61 Å². The van der Waals surface area contributed by atoms with Crippen molar-refractivity contribution in [3.05, 3.63) is 22.1 Å². The van der Waals surface area contributed by atoms with Crippen LogP contribution in [0.1, 0.15) is 30.8 Å². The van der Waals surface area contributed by atoms with Gasteiger partial charge in [-0.25, -0.2) is 0 Å². The largest absolute Gasteiger partial charge is 0.196 e. The third kappa shape index (κ3) is 2.53. The van der Waals surface area contributed by atoms with Gasteiger partial charge >= 0.3 is 0 Å². The van der Waals surface area contributed by atoms with Gasteiger partial charge in [0.25, 0.3) is 0 Å². The Bertz CT molecular complexity index is 534. The molecule has 2 heterocycles. The molecule has 0 saturated carbocycles. The highest BCUT2D eigenvalue weighted by atomic mass is 35.5. The van der Waals surface area contributed by atoms with Gasteiger partial charge in [0.15, 0.2) is 16.6 Å². The van der Waals surface area contributed by atoms with Crippen molar-refractivity contribution in [1.82, 2.24) is 19.8 Å². The lowest BCUT2D eigenvalue weighted by molar-refractivity contribution is 0.605. The molecule has 94 valence electrons. The summed E-state index contributed by atoms with van der Waals surface area (Å²) in [5, 5.41) is 13.2. The van der Waals surface area contributed by atoms with E-state index in [0.29, 0.717) is 11.1 Å². The van der Waals surface area contributed by atoms with E-state index in [1.54, 1.807) is 4.52 Å². The monoisotopic (exact) mass is 274 g/mol. The predicted octanol–water partition coefficient (Wildman–Crippen LogP) is 3.01. The molecule has 0 aliphatic carbocycles. The molecule has 0 bridgehead atoms. The fourth-order valence-corrected chi connectivity index (χ4v) is 1.85. The third-order valence-electron chi connectivity index (χ3n) is 2.69. The van der Waals surface area contributed by atoms with Crippen molar-refractivity contribution < 1.29 is 0 Å². The Labute approximate surface area is 112 Å². The van der Waals surface area contributed by atoms with Gasteiger partial charge in [-0.05, 0) is 25.3 Å². The highest BCUT2D eigenvalue weighted by molar-refractivity contribution is 6.30. The van der Waals surface area contributed by atoms with Gasteiger partial charge in [-0.15, -0.1) is 22.6 Å². The number of rotatable bonds is 2. The minimum Gasteiger partial charge on any atom is -0.196 e. The summed E-state index contributed by atoms with van der Waals surface area (Å²) in [4.78, 5) is 0. The van der Waals surface area contributed by atoms with Crippen LogP contribution in [0.4, 0.5) is 0 Å². The molecule has 0 spiro atoms. The molecule has 0 unspecified atom stereocenters. The molecule has 0 N–H and O–H groups in total. The molecule has 0 radical (unpaired) electrons. The summed E-state index contributed by atoms with van der Waals surface area (Å²) in [7, 11) is 0. The number of nitrogens with zero attached hydrogens (tertiary/aromatic N) is 4. The topological polar surface area (TPSA) is 43.1 Å². The molecule has 0 amide bonds. The van der Waals surface area contributed by atoms with Crippen molar-refractivity contribution in [2.24, 2.45) is 5.92 Å². The lowest BCUT2D eigenvalue weighted by Crippen LogP contribution is -2.05. The van der Waals surface area contributed by atoms with E-state index in [2.05, 4.69) is 29.1 Å². The number of aromatic nitrogens is 4. The Morgan fingerprint density at radius 1 is 1.18 bits per heavy atom. The Morgan fingerprint density at radius 2 is 1.82 bits per heavy atom. The summed E-state index contributed by atoms with van der Waals surface area (Å²) in [6.45, 7) is 8.22. The van der Waals surface area contributed by atoms with Crippen LogP contribution in [0, 0.1) is 19.8 Å². The fraction of sp³-hybridized carbons (Fsp3) is 0.545. The quantitative estimate of drug-likeness (QED) is 0.846. The Hall–Kier alpha value is -0.870. The zero-order valence-corrected chi connectivity index (χ0v) is 11.9. The summed E-state index contributed by atoms with van der Waals surface area (Å²) in [6.07, 6.45) is 0.854. The van der Waals surface area contributed by atoms with Crippen molar-refractivity contribution in [2.45, 2.75) is 34.1 Å². The maximum absolute atomic E-state index is 6.07. The van der Waals surface area contributed by atoms with Gasteiger partial charge in [0.05, 0.1) is 0 Å². The van der Waals surface area contributed by atoms with E-state index in [0.717, 1.165) is 29.0 Å². The Balaban J connectivity index is 0.00000144. The van der Waals surface area contributed by atoms with Crippen molar-refractivity contribution in [2.75, 3.05) is 0 Å². The lowest BCUT2D eigenvalue weighted by atomic mass is 10.1. The highest BCUT2D eigenvalue weighted by Gasteiger charge is 2.13. The van der Waals surface area contributed by atoms with Gasteiger partial charge in [-0.3, -0.25) is 0 Å². The van der Waals surface area contributed by atoms with E-state index in [1.165, 1.54) is 0 Å². The summed E-state index contributed by atoms with van der Waals surface area (Å²) in [6, 6.07) is 0. The van der Waals surface area contributed by atoms with Crippen molar-refractivity contribution in [1.29, 1.82) is 0 Å². The van der Waals surface area contributed by atoms with Crippen LogP contribution in [0.2, 0.25) is 5.15 Å². The van der Waals surface area contributed by atoms with Crippen LogP contribution in [-0.4, -0.2) is 19.8 Å². The first kappa shape index (κ1) is 14.2. The molecule has 17 heavy (non-hydrogen) atoms. The molecule has 0 aromatic carbocycles. The van der Waals surface area contributed by atoms with Crippen molar-refractivity contribution in [3.8, 4) is 0 Å². The molecule has 0 aliphatic heterocycles. The molecule has 0 atom stereocenters. The molecule has 2 rings (SSSR count). The predicted molar refractivity (Wildman–Crippen MR) is 71.1 cm³/mol. The van der Waals surface area contributed by atoms with E-state index >= 15 is 0 Å². The van der Waals surface area contributed by atoms with E-state index in [4.69, 9.17) is 11.6 Å². The minimum atomic E-state index is 0. The van der Waals surface area contributed by atoms with Gasteiger partial charge in [-0.1, -0.05) is 25.4 Å². The summed E-state index contributed by atoms with van der Waals surface area (Å²) < 4.78 is 1.75. The molecule has 2 aromatic heterocycles. The van der Waals surface area contributed by atoms with Crippen LogP contribution >= 0.6 is 24.0 Å². The average molecular weight is 275 g/mol. The molecule has 2 aromatic rings. The number of hydrogen-bond donors (Lipinski definition) is 0. The lowest BCUT2D eigenvalue weighted by Gasteiger charge is -2.06. The van der Waals surface area contributed by atoms with Crippen LogP contribution in [0.25, 0.3) is 5.65 Å². The van der Waals surface area contributed by atoms with E-state index < -0.39 is 0 Å². The number of fused-ring (bicyclic) bond motifs is 1. The summed E-state index contributed by atoms with van der Waals surface area (Å²) in [5.74, 6) is 1.39.